The van der Waals surface area contributed by atoms with Crippen molar-refractivity contribution >= 4 is 5.91 Å². The van der Waals surface area contributed by atoms with Gasteiger partial charge in [-0.3, -0.25) is 4.79 Å². The van der Waals surface area contributed by atoms with Gasteiger partial charge in [-0.15, -0.1) is 0 Å². The maximum Gasteiger partial charge on any atom is 0.275 e. The third kappa shape index (κ3) is 5.39. The van der Waals surface area contributed by atoms with Gasteiger partial charge in [0, 0.05) is 18.0 Å². The molecule has 0 radical (unpaired) electrons. The quantitative estimate of drug-likeness (QED) is 0.781. The Morgan fingerprint density at radius 3 is 2.33 bits per heavy atom. The number of carbonyl (C=O) groups excluding carboxylic acids is 1. The predicted molar refractivity (Wildman–Crippen MR) is 95.7 cm³/mol. The van der Waals surface area contributed by atoms with E-state index in [2.05, 4.69) is 36.6 Å². The third-order valence-corrected chi connectivity index (χ3v) is 4.11. The first-order valence-electron chi connectivity index (χ1n) is 8.38. The zero-order chi connectivity index (χ0) is 17.4. The van der Waals surface area contributed by atoms with Gasteiger partial charge in [-0.2, -0.15) is 0 Å². The summed E-state index contributed by atoms with van der Waals surface area (Å²) < 4.78 is 5.13. The number of benzene rings is 2. The number of nitrogens with one attached hydrogen (secondary N) is 1. The van der Waals surface area contributed by atoms with Gasteiger partial charge < -0.3 is 15.4 Å². The first kappa shape index (κ1) is 18.0. The minimum Gasteiger partial charge on any atom is -0.497 e. The molecule has 128 valence electrons. The summed E-state index contributed by atoms with van der Waals surface area (Å²) in [5, 5.41) is 5.09. The van der Waals surface area contributed by atoms with Gasteiger partial charge in [0.25, 0.3) is 5.91 Å². The van der Waals surface area contributed by atoms with E-state index in [1.807, 2.05) is 42.5 Å². The average molecular weight is 327 g/mol. The number of quaternary nitrogens is 1. The van der Waals surface area contributed by atoms with Crippen molar-refractivity contribution in [2.45, 2.75) is 26.4 Å². The van der Waals surface area contributed by atoms with Crippen LogP contribution in [0.3, 0.4) is 0 Å². The van der Waals surface area contributed by atoms with Crippen LogP contribution in [0.4, 0.5) is 0 Å². The molecule has 0 aliphatic rings. The molecule has 0 saturated heterocycles. The highest BCUT2D eigenvalue weighted by Gasteiger charge is 2.19. The van der Waals surface area contributed by atoms with Crippen LogP contribution >= 0.6 is 0 Å². The normalized spacial score (nSPS) is 12.0. The van der Waals surface area contributed by atoms with E-state index in [0.29, 0.717) is 19.0 Å². The second kappa shape index (κ2) is 9.08. The van der Waals surface area contributed by atoms with Crippen molar-refractivity contribution < 1.29 is 14.8 Å². The minimum atomic E-state index is 0.0485. The summed E-state index contributed by atoms with van der Waals surface area (Å²) in [7, 11) is 1.64. The number of ether oxygens (including phenoxy) is 1. The Hall–Kier alpha value is -2.33. The summed E-state index contributed by atoms with van der Waals surface area (Å²) in [6, 6.07) is 18.4. The number of rotatable bonds is 8. The monoisotopic (exact) mass is 327 g/mol. The maximum atomic E-state index is 12.1. The summed E-state index contributed by atoms with van der Waals surface area (Å²) >= 11 is 0. The van der Waals surface area contributed by atoms with Crippen LogP contribution in [-0.2, 0) is 11.3 Å². The van der Waals surface area contributed by atoms with Crippen molar-refractivity contribution in [2.24, 2.45) is 5.92 Å². The summed E-state index contributed by atoms with van der Waals surface area (Å²) in [6.07, 6.45) is 0. The molecule has 0 saturated carbocycles. The van der Waals surface area contributed by atoms with Gasteiger partial charge in [-0.05, 0) is 17.7 Å². The number of hydrogen-bond donors (Lipinski definition) is 2. The van der Waals surface area contributed by atoms with Crippen LogP contribution in [0.25, 0.3) is 0 Å². The lowest BCUT2D eigenvalue weighted by molar-refractivity contribution is -0.692. The fourth-order valence-corrected chi connectivity index (χ4v) is 2.72. The molecule has 0 aromatic heterocycles. The average Bonchev–Trinajstić information content (AvgIpc) is 2.61. The van der Waals surface area contributed by atoms with Crippen LogP contribution in [-0.4, -0.2) is 19.6 Å². The first-order valence-corrected chi connectivity index (χ1v) is 8.38. The van der Waals surface area contributed by atoms with Gasteiger partial charge >= 0.3 is 0 Å². The molecule has 0 bridgehead atoms. The lowest BCUT2D eigenvalue weighted by Crippen LogP contribution is -2.88. The van der Waals surface area contributed by atoms with Crippen LogP contribution in [0.2, 0.25) is 0 Å². The molecule has 0 unspecified atom stereocenters. The second-order valence-corrected chi connectivity index (χ2v) is 6.25. The zero-order valence-corrected chi connectivity index (χ0v) is 14.7. The number of nitrogens with two attached hydrogens (primary N) is 1. The molecule has 0 aliphatic carbocycles. The lowest BCUT2D eigenvalue weighted by Gasteiger charge is -2.19. The largest absolute Gasteiger partial charge is 0.497 e. The number of carbonyl (C=O) groups is 1. The topological polar surface area (TPSA) is 54.9 Å². The lowest BCUT2D eigenvalue weighted by atomic mass is 9.96. The van der Waals surface area contributed by atoms with E-state index < -0.39 is 0 Å². The first-order chi connectivity index (χ1) is 11.6. The predicted octanol–water partition coefficient (Wildman–Crippen LogP) is 2.27. The van der Waals surface area contributed by atoms with Crippen LogP contribution in [0, 0.1) is 5.92 Å². The molecule has 2 aromatic rings. The van der Waals surface area contributed by atoms with Gasteiger partial charge in [-0.1, -0.05) is 56.3 Å². The highest BCUT2D eigenvalue weighted by Crippen LogP contribution is 2.16. The fraction of sp³-hybridized carbons (Fsp3) is 0.350. The van der Waals surface area contributed by atoms with Gasteiger partial charge in [0.05, 0.1) is 7.11 Å². The van der Waals surface area contributed by atoms with Crippen molar-refractivity contribution in [3.8, 4) is 5.75 Å². The van der Waals surface area contributed by atoms with E-state index in [0.717, 1.165) is 11.3 Å². The Balaban J connectivity index is 1.82. The van der Waals surface area contributed by atoms with Crippen LogP contribution in [0.5, 0.6) is 5.75 Å². The van der Waals surface area contributed by atoms with E-state index in [4.69, 9.17) is 4.74 Å². The van der Waals surface area contributed by atoms with Crippen molar-refractivity contribution in [3.63, 3.8) is 0 Å². The van der Waals surface area contributed by atoms with Gasteiger partial charge in [-0.25, -0.2) is 0 Å². The molecule has 0 aliphatic heterocycles. The van der Waals surface area contributed by atoms with Gasteiger partial charge in [0.1, 0.15) is 11.8 Å². The Labute approximate surface area is 144 Å². The molecule has 1 atom stereocenters. The Morgan fingerprint density at radius 1 is 1.08 bits per heavy atom. The molecular formula is C20H27N2O2+. The van der Waals surface area contributed by atoms with Crippen LogP contribution in [0.1, 0.15) is 31.0 Å². The number of hydrogen-bond acceptors (Lipinski definition) is 2. The Bertz CT molecular complexity index is 624. The molecule has 4 heteroatoms. The highest BCUT2D eigenvalue weighted by molar-refractivity contribution is 5.76. The molecule has 2 aromatic carbocycles. The van der Waals surface area contributed by atoms with Crippen LogP contribution < -0.4 is 15.4 Å². The van der Waals surface area contributed by atoms with E-state index >= 15 is 0 Å². The molecule has 2 rings (SSSR count). The Morgan fingerprint density at radius 2 is 1.75 bits per heavy atom. The van der Waals surface area contributed by atoms with E-state index in [1.54, 1.807) is 7.11 Å². The Kier molecular flexibility index (Phi) is 6.82. The molecule has 0 fully saturated rings. The van der Waals surface area contributed by atoms with Crippen molar-refractivity contribution in [3.05, 3.63) is 65.7 Å². The van der Waals surface area contributed by atoms with E-state index in [1.165, 1.54) is 5.56 Å². The standard InChI is InChI=1S/C20H26N2O2/c1-15(2)20(17-7-5-4-6-8-17)22-14-19(23)21-13-16-9-11-18(24-3)12-10-16/h4-12,15,20,22H,13-14H2,1-3H3,(H,21,23)/p+1/t20-/m1/s1. The highest BCUT2D eigenvalue weighted by atomic mass is 16.5. The van der Waals surface area contributed by atoms with Gasteiger partial charge in [0.15, 0.2) is 6.54 Å². The molecule has 1 amide bonds. The maximum absolute atomic E-state index is 12.1. The zero-order valence-electron chi connectivity index (χ0n) is 14.7. The van der Waals surface area contributed by atoms with Gasteiger partial charge in [0.2, 0.25) is 0 Å². The smallest absolute Gasteiger partial charge is 0.275 e. The molecule has 24 heavy (non-hydrogen) atoms. The summed E-state index contributed by atoms with van der Waals surface area (Å²) in [5.74, 6) is 1.33. The van der Waals surface area contributed by atoms with E-state index in [9.17, 15) is 4.79 Å². The summed E-state index contributed by atoms with van der Waals surface area (Å²) in [6.45, 7) is 5.33. The summed E-state index contributed by atoms with van der Waals surface area (Å²) in [5.41, 5.74) is 2.32. The fourth-order valence-electron chi connectivity index (χ4n) is 2.72. The molecule has 3 N–H and O–H groups in total. The molecule has 0 spiro atoms. The molecular weight excluding hydrogens is 300 g/mol. The third-order valence-electron chi connectivity index (χ3n) is 4.11. The molecule has 0 heterocycles. The summed E-state index contributed by atoms with van der Waals surface area (Å²) in [4.78, 5) is 12.1. The SMILES string of the molecule is COc1ccc(CNC(=O)C[NH2+][C@@H](c2ccccc2)C(C)C)cc1. The van der Waals surface area contributed by atoms with E-state index in [-0.39, 0.29) is 11.9 Å². The van der Waals surface area contributed by atoms with Crippen molar-refractivity contribution in [1.82, 2.24) is 5.32 Å². The second-order valence-electron chi connectivity index (χ2n) is 6.25. The molecule has 4 nitrogen and oxygen atoms in total. The van der Waals surface area contributed by atoms with Crippen LogP contribution in [0.15, 0.2) is 54.6 Å². The van der Waals surface area contributed by atoms with Crippen molar-refractivity contribution in [2.75, 3.05) is 13.7 Å². The minimum absolute atomic E-state index is 0.0485. The number of methoxy groups -OCH3 is 1. The number of amides is 1. The van der Waals surface area contributed by atoms with Crippen molar-refractivity contribution in [1.29, 1.82) is 0 Å².